The van der Waals surface area contributed by atoms with Crippen molar-refractivity contribution >= 4 is 33.7 Å². The van der Waals surface area contributed by atoms with Crippen LogP contribution in [0.15, 0.2) is 27.8 Å². The number of aromatic nitrogens is 1. The van der Waals surface area contributed by atoms with E-state index in [1.54, 1.807) is 24.2 Å². The van der Waals surface area contributed by atoms with Crippen molar-refractivity contribution in [2.75, 3.05) is 12.4 Å². The molecule has 0 bridgehead atoms. The number of ether oxygens (including phenoxy) is 1. The van der Waals surface area contributed by atoms with Crippen LogP contribution in [0, 0.1) is 5.41 Å². The quantitative estimate of drug-likeness (QED) is 0.589. The van der Waals surface area contributed by atoms with Crippen LogP contribution in [0.3, 0.4) is 0 Å². The minimum absolute atomic E-state index is 0.0654. The molecular formula is C13H16BrNO2S. The van der Waals surface area contributed by atoms with Crippen molar-refractivity contribution in [2.24, 2.45) is 5.41 Å². The Kier molecular flexibility index (Phi) is 4.67. The van der Waals surface area contributed by atoms with E-state index in [1.807, 2.05) is 13.0 Å². The van der Waals surface area contributed by atoms with Gasteiger partial charge in [-0.3, -0.25) is 9.78 Å². The molecule has 0 aliphatic heterocycles. The monoisotopic (exact) mass is 329 g/mol. The summed E-state index contributed by atoms with van der Waals surface area (Å²) in [5.41, 5.74) is 0.166. The Hall–Kier alpha value is -0.550. The Morgan fingerprint density at radius 2 is 2.39 bits per heavy atom. The highest BCUT2D eigenvalue weighted by molar-refractivity contribution is 9.10. The van der Waals surface area contributed by atoms with E-state index in [1.165, 1.54) is 4.90 Å². The number of hydrogen-bond donors (Lipinski definition) is 0. The molecule has 0 atom stereocenters. The van der Waals surface area contributed by atoms with Gasteiger partial charge in [0.05, 0.1) is 13.0 Å². The van der Waals surface area contributed by atoms with E-state index in [4.69, 9.17) is 4.74 Å². The van der Waals surface area contributed by atoms with Gasteiger partial charge in [-0.15, -0.1) is 11.8 Å². The standard InChI is InChI=1S/C13H16BrNO2S/c1-2-17-12(16)7-13(4-5-13)9-18-11-3-6-15-8-10(11)14/h3,6,8H,2,4-5,7,9H2,1H3. The smallest absolute Gasteiger partial charge is 0.306 e. The summed E-state index contributed by atoms with van der Waals surface area (Å²) in [6.45, 7) is 2.32. The van der Waals surface area contributed by atoms with Crippen LogP contribution in [0.5, 0.6) is 0 Å². The van der Waals surface area contributed by atoms with Crippen LogP contribution < -0.4 is 0 Å². The number of nitrogens with zero attached hydrogens (tertiary/aromatic N) is 1. The molecule has 98 valence electrons. The van der Waals surface area contributed by atoms with Crippen LogP contribution in [-0.4, -0.2) is 23.3 Å². The Bertz CT molecular complexity index is 435. The lowest BCUT2D eigenvalue weighted by Gasteiger charge is -2.14. The fourth-order valence-electron chi connectivity index (χ4n) is 1.78. The second-order valence-electron chi connectivity index (χ2n) is 4.58. The summed E-state index contributed by atoms with van der Waals surface area (Å²) >= 11 is 5.27. The summed E-state index contributed by atoms with van der Waals surface area (Å²) in [6.07, 6.45) is 6.39. The molecule has 18 heavy (non-hydrogen) atoms. The first-order valence-corrected chi connectivity index (χ1v) is 7.81. The molecule has 0 unspecified atom stereocenters. The normalized spacial score (nSPS) is 16.3. The summed E-state index contributed by atoms with van der Waals surface area (Å²) < 4.78 is 6.04. The predicted molar refractivity (Wildman–Crippen MR) is 75.6 cm³/mol. The van der Waals surface area contributed by atoms with Crippen LogP contribution in [0.4, 0.5) is 0 Å². The molecule has 0 spiro atoms. The predicted octanol–water partition coefficient (Wildman–Crippen LogP) is 3.67. The van der Waals surface area contributed by atoms with Crippen LogP contribution in [0.25, 0.3) is 0 Å². The fraction of sp³-hybridized carbons (Fsp3) is 0.538. The number of hydrogen-bond acceptors (Lipinski definition) is 4. The molecule has 1 saturated carbocycles. The second-order valence-corrected chi connectivity index (χ2v) is 6.45. The van der Waals surface area contributed by atoms with Gasteiger partial charge in [0.1, 0.15) is 0 Å². The third kappa shape index (κ3) is 3.72. The van der Waals surface area contributed by atoms with Crippen molar-refractivity contribution in [2.45, 2.75) is 31.1 Å². The molecule has 1 aromatic heterocycles. The molecule has 1 heterocycles. The lowest BCUT2D eigenvalue weighted by molar-refractivity contribution is -0.144. The van der Waals surface area contributed by atoms with Gasteiger partial charge in [-0.25, -0.2) is 0 Å². The lowest BCUT2D eigenvalue weighted by Crippen LogP contribution is -2.14. The van der Waals surface area contributed by atoms with Gasteiger partial charge in [-0.1, -0.05) is 0 Å². The van der Waals surface area contributed by atoms with E-state index < -0.39 is 0 Å². The summed E-state index contributed by atoms with van der Waals surface area (Å²) in [6, 6.07) is 2.00. The maximum absolute atomic E-state index is 11.5. The SMILES string of the molecule is CCOC(=O)CC1(CSc2ccncc2Br)CC1. The highest BCUT2D eigenvalue weighted by Crippen LogP contribution is 2.52. The zero-order valence-electron chi connectivity index (χ0n) is 10.3. The molecule has 3 nitrogen and oxygen atoms in total. The molecule has 1 fully saturated rings. The van der Waals surface area contributed by atoms with Crippen molar-refractivity contribution < 1.29 is 9.53 Å². The van der Waals surface area contributed by atoms with Crippen molar-refractivity contribution in [3.8, 4) is 0 Å². The first-order valence-electron chi connectivity index (χ1n) is 6.03. The van der Waals surface area contributed by atoms with Gasteiger partial charge >= 0.3 is 5.97 Å². The molecule has 0 saturated heterocycles. The molecular weight excluding hydrogens is 314 g/mol. The van der Waals surface area contributed by atoms with Crippen LogP contribution >= 0.6 is 27.7 Å². The highest BCUT2D eigenvalue weighted by Gasteiger charge is 2.44. The number of esters is 1. The first-order chi connectivity index (χ1) is 8.65. The van der Waals surface area contributed by atoms with E-state index in [0.29, 0.717) is 13.0 Å². The van der Waals surface area contributed by atoms with Crippen LogP contribution in [0.2, 0.25) is 0 Å². The number of rotatable bonds is 6. The summed E-state index contributed by atoms with van der Waals surface area (Å²) in [7, 11) is 0. The zero-order valence-corrected chi connectivity index (χ0v) is 12.7. The summed E-state index contributed by atoms with van der Waals surface area (Å²) in [5.74, 6) is 0.901. The average Bonchev–Trinajstić information content (AvgIpc) is 3.08. The second kappa shape index (κ2) is 6.06. The Morgan fingerprint density at radius 1 is 1.61 bits per heavy atom. The fourth-order valence-corrected chi connectivity index (χ4v) is 3.57. The molecule has 1 aromatic rings. The van der Waals surface area contributed by atoms with Gasteiger partial charge < -0.3 is 4.74 Å². The van der Waals surface area contributed by atoms with Gasteiger partial charge in [0.2, 0.25) is 0 Å². The average molecular weight is 330 g/mol. The summed E-state index contributed by atoms with van der Waals surface area (Å²) in [5, 5.41) is 0. The molecule has 1 aliphatic carbocycles. The number of carbonyl (C=O) groups excluding carboxylic acids is 1. The Morgan fingerprint density at radius 3 is 3.00 bits per heavy atom. The largest absolute Gasteiger partial charge is 0.466 e. The molecule has 0 aromatic carbocycles. The van der Waals surface area contributed by atoms with Crippen molar-refractivity contribution in [3.05, 3.63) is 22.9 Å². The van der Waals surface area contributed by atoms with E-state index >= 15 is 0 Å². The van der Waals surface area contributed by atoms with Crippen molar-refractivity contribution in [1.29, 1.82) is 0 Å². The van der Waals surface area contributed by atoms with Gasteiger partial charge in [-0.05, 0) is 47.2 Å². The minimum Gasteiger partial charge on any atom is -0.466 e. The molecule has 5 heteroatoms. The molecule has 1 aliphatic rings. The highest BCUT2D eigenvalue weighted by atomic mass is 79.9. The number of pyridine rings is 1. The van der Waals surface area contributed by atoms with Crippen LogP contribution in [-0.2, 0) is 9.53 Å². The number of halogens is 1. The van der Waals surface area contributed by atoms with Gasteiger partial charge in [0.25, 0.3) is 0 Å². The maximum Gasteiger partial charge on any atom is 0.306 e. The van der Waals surface area contributed by atoms with E-state index in [9.17, 15) is 4.79 Å². The van der Waals surface area contributed by atoms with E-state index in [2.05, 4.69) is 20.9 Å². The summed E-state index contributed by atoms with van der Waals surface area (Å²) in [4.78, 5) is 16.8. The number of carbonyl (C=O) groups is 1. The molecule has 0 amide bonds. The maximum atomic E-state index is 11.5. The third-order valence-electron chi connectivity index (χ3n) is 3.05. The van der Waals surface area contributed by atoms with Crippen molar-refractivity contribution in [1.82, 2.24) is 4.98 Å². The van der Waals surface area contributed by atoms with Crippen molar-refractivity contribution in [3.63, 3.8) is 0 Å². The Balaban J connectivity index is 1.86. The molecule has 0 N–H and O–H groups in total. The van der Waals surface area contributed by atoms with Gasteiger partial charge in [0.15, 0.2) is 0 Å². The minimum atomic E-state index is -0.0654. The van der Waals surface area contributed by atoms with Crippen LogP contribution in [0.1, 0.15) is 26.2 Å². The zero-order chi connectivity index (χ0) is 13.0. The van der Waals surface area contributed by atoms with Gasteiger partial charge in [0, 0.05) is 27.5 Å². The van der Waals surface area contributed by atoms with E-state index in [0.717, 1.165) is 23.1 Å². The molecule has 2 rings (SSSR count). The van der Waals surface area contributed by atoms with E-state index in [-0.39, 0.29) is 11.4 Å². The third-order valence-corrected chi connectivity index (χ3v) is 5.37. The Labute approximate surface area is 120 Å². The van der Waals surface area contributed by atoms with Gasteiger partial charge in [-0.2, -0.15) is 0 Å². The molecule has 0 radical (unpaired) electrons. The topological polar surface area (TPSA) is 39.2 Å². The lowest BCUT2D eigenvalue weighted by atomic mass is 10.1. The first kappa shape index (κ1) is 13.9. The number of thioether (sulfide) groups is 1.